The third-order valence-electron chi connectivity index (χ3n) is 7.33. The number of hydrogen-bond acceptors (Lipinski definition) is 7. The number of piperidine rings is 1. The van der Waals surface area contributed by atoms with Crippen molar-refractivity contribution >= 4 is 28.7 Å². The number of carbonyl (C=O) groups excluding carboxylic acids is 2. The Morgan fingerprint density at radius 3 is 2.53 bits per heavy atom. The Kier molecular flexibility index (Phi) is 9.84. The van der Waals surface area contributed by atoms with Crippen LogP contribution in [0.2, 0.25) is 0 Å². The molecule has 2 saturated heterocycles. The van der Waals surface area contributed by atoms with Crippen LogP contribution in [0.1, 0.15) is 35.2 Å². The third kappa shape index (κ3) is 7.17. The van der Waals surface area contributed by atoms with E-state index in [1.165, 1.54) is 0 Å². The number of aldehydes is 1. The van der Waals surface area contributed by atoms with Crippen LogP contribution < -0.4 is 20.7 Å². The number of anilines is 1. The van der Waals surface area contributed by atoms with Crippen LogP contribution >= 0.6 is 0 Å². The fourth-order valence-corrected chi connectivity index (χ4v) is 5.07. The van der Waals surface area contributed by atoms with Gasteiger partial charge in [0.1, 0.15) is 5.75 Å². The molecule has 8 nitrogen and oxygen atoms in total. The number of likely N-dealkylation sites (tertiary alicyclic amines) is 1. The molecule has 202 valence electrons. The summed E-state index contributed by atoms with van der Waals surface area (Å²) in [7, 11) is 3.67. The molecule has 2 heterocycles. The normalized spacial score (nSPS) is 20.0. The lowest BCUT2D eigenvalue weighted by Gasteiger charge is -2.32. The molecular formula is C30H38N4O4. The Labute approximate surface area is 224 Å². The van der Waals surface area contributed by atoms with E-state index in [0.717, 1.165) is 72.1 Å². The van der Waals surface area contributed by atoms with Gasteiger partial charge in [0.2, 0.25) is 5.91 Å². The number of aliphatic hydroxyl groups excluding tert-OH is 1. The zero-order chi connectivity index (χ0) is 26.9. The van der Waals surface area contributed by atoms with Gasteiger partial charge in [0, 0.05) is 35.9 Å². The lowest BCUT2D eigenvalue weighted by atomic mass is 10.0. The Bertz CT molecular complexity index is 1230. The lowest BCUT2D eigenvalue weighted by molar-refractivity contribution is -0.117. The number of benzene rings is 3. The summed E-state index contributed by atoms with van der Waals surface area (Å²) < 4.78 is 5.37. The van der Waals surface area contributed by atoms with Gasteiger partial charge in [0.05, 0.1) is 19.3 Å². The first-order valence-corrected chi connectivity index (χ1v) is 13.2. The summed E-state index contributed by atoms with van der Waals surface area (Å²) >= 11 is 0. The molecule has 2 aliphatic rings. The molecule has 0 radical (unpaired) electrons. The van der Waals surface area contributed by atoms with E-state index in [9.17, 15) is 14.7 Å². The second-order valence-electron chi connectivity index (χ2n) is 9.89. The minimum Gasteiger partial charge on any atom is -0.496 e. The molecule has 2 aliphatic heterocycles. The molecule has 38 heavy (non-hydrogen) atoms. The number of nitrogens with zero attached hydrogens (tertiary/aromatic N) is 1. The van der Waals surface area contributed by atoms with Crippen molar-refractivity contribution in [2.75, 3.05) is 39.1 Å². The number of nitrogens with one attached hydrogen (secondary N) is 3. The van der Waals surface area contributed by atoms with Gasteiger partial charge in [0.25, 0.3) is 0 Å². The molecule has 0 bridgehead atoms. The van der Waals surface area contributed by atoms with Crippen LogP contribution in [0.4, 0.5) is 5.69 Å². The second kappa shape index (κ2) is 13.5. The average molecular weight is 519 g/mol. The summed E-state index contributed by atoms with van der Waals surface area (Å²) in [5.74, 6) is 0.715. The smallest absolute Gasteiger partial charge is 0.241 e. The maximum Gasteiger partial charge on any atom is 0.241 e. The summed E-state index contributed by atoms with van der Waals surface area (Å²) in [6.07, 6.45) is 3.27. The number of rotatable bonds is 7. The molecule has 1 amide bonds. The van der Waals surface area contributed by atoms with Gasteiger partial charge in [-0.2, -0.15) is 0 Å². The van der Waals surface area contributed by atoms with Crippen molar-refractivity contribution in [3.63, 3.8) is 0 Å². The molecule has 2 fully saturated rings. The average Bonchev–Trinajstić information content (AvgIpc) is 3.40. The number of fused-ring (bicyclic) bond motifs is 1. The molecule has 0 aliphatic carbocycles. The van der Waals surface area contributed by atoms with Crippen LogP contribution in [0, 0.1) is 0 Å². The van der Waals surface area contributed by atoms with E-state index in [1.54, 1.807) is 7.11 Å². The molecule has 8 heteroatoms. The number of amides is 1. The highest BCUT2D eigenvalue weighted by Crippen LogP contribution is 2.24. The number of methoxy groups -OCH3 is 1. The summed E-state index contributed by atoms with van der Waals surface area (Å²) in [6, 6.07) is 19.8. The largest absolute Gasteiger partial charge is 0.496 e. The van der Waals surface area contributed by atoms with Crippen LogP contribution in [-0.4, -0.2) is 74.2 Å². The minimum absolute atomic E-state index is 0.0909. The molecule has 5 rings (SSSR count). The zero-order valence-corrected chi connectivity index (χ0v) is 22.2. The van der Waals surface area contributed by atoms with Gasteiger partial charge in [-0.1, -0.05) is 42.5 Å². The third-order valence-corrected chi connectivity index (χ3v) is 7.33. The maximum absolute atomic E-state index is 12.0. The number of carbonyl (C=O) groups is 2. The molecule has 2 atom stereocenters. The first kappa shape index (κ1) is 27.7. The van der Waals surface area contributed by atoms with Gasteiger partial charge >= 0.3 is 0 Å². The van der Waals surface area contributed by atoms with Crippen LogP contribution in [0.5, 0.6) is 5.75 Å². The van der Waals surface area contributed by atoms with Crippen LogP contribution in [0.3, 0.4) is 0 Å². The van der Waals surface area contributed by atoms with Crippen LogP contribution in [0.15, 0.2) is 60.7 Å². The summed E-state index contributed by atoms with van der Waals surface area (Å²) in [5.41, 5.74) is 2.52. The highest BCUT2D eigenvalue weighted by Gasteiger charge is 2.28. The fourth-order valence-electron chi connectivity index (χ4n) is 5.07. The van der Waals surface area contributed by atoms with E-state index in [-0.39, 0.29) is 11.9 Å². The van der Waals surface area contributed by atoms with Crippen LogP contribution in [0.25, 0.3) is 10.8 Å². The van der Waals surface area contributed by atoms with Crippen molar-refractivity contribution in [3.8, 4) is 5.75 Å². The quantitative estimate of drug-likeness (QED) is 0.356. The molecule has 0 aromatic heterocycles. The van der Waals surface area contributed by atoms with E-state index in [4.69, 9.17) is 4.74 Å². The number of ether oxygens (including phenoxy) is 1. The van der Waals surface area contributed by atoms with Crippen LogP contribution in [-0.2, 0) is 11.3 Å². The van der Waals surface area contributed by atoms with Gasteiger partial charge in [-0.15, -0.1) is 0 Å². The van der Waals surface area contributed by atoms with E-state index < -0.39 is 6.10 Å². The molecule has 3 aromatic carbocycles. The molecule has 0 spiro atoms. The maximum atomic E-state index is 12.0. The number of β-amino-alcohol motifs (C(OH)–C–C–N with tert-alkyl or cyclic N) is 1. The lowest BCUT2D eigenvalue weighted by Crippen LogP contribution is -2.40. The molecule has 4 N–H and O–H groups in total. The van der Waals surface area contributed by atoms with Crippen molar-refractivity contribution in [2.45, 2.75) is 44.0 Å². The molecule has 2 unspecified atom stereocenters. The first-order chi connectivity index (χ1) is 18.5. The standard InChI is InChI=1S/C15H16N2O2.C15H22N2O2/c18-13-8-14(16-9-13)15(19)17-12-6-5-10-3-1-2-4-11(10)7-12;1-16-13-6-8-17(9-7-13)10-14-12(11-18)4-3-5-15(14)19-2/h1-7,13-14,16,18H,8-9H2,(H,17,19);3-5,11,13,16H,6-10H2,1-2H3. The first-order valence-electron chi connectivity index (χ1n) is 13.2. The topological polar surface area (TPSA) is 103 Å². The Morgan fingerprint density at radius 2 is 1.87 bits per heavy atom. The van der Waals surface area contributed by atoms with Gasteiger partial charge in [-0.25, -0.2) is 0 Å². The van der Waals surface area contributed by atoms with Gasteiger partial charge in [-0.3, -0.25) is 14.5 Å². The molecular weight excluding hydrogens is 480 g/mol. The van der Waals surface area contributed by atoms with E-state index in [2.05, 4.69) is 20.9 Å². The Hall–Kier alpha value is -3.30. The molecule has 3 aromatic rings. The van der Waals surface area contributed by atoms with Crippen molar-refractivity contribution in [3.05, 3.63) is 71.8 Å². The molecule has 0 saturated carbocycles. The van der Waals surface area contributed by atoms with Crippen molar-refractivity contribution in [1.82, 2.24) is 15.5 Å². The van der Waals surface area contributed by atoms with Gasteiger partial charge in [0.15, 0.2) is 6.29 Å². The van der Waals surface area contributed by atoms with E-state index >= 15 is 0 Å². The predicted molar refractivity (Wildman–Crippen MR) is 151 cm³/mol. The van der Waals surface area contributed by atoms with Crippen molar-refractivity contribution in [1.29, 1.82) is 0 Å². The SMILES string of the molecule is CNC1CCN(Cc2c(C=O)cccc2OC)CC1.O=C(Nc1ccc2ccccc2c1)C1CC(O)CN1. The van der Waals surface area contributed by atoms with E-state index in [0.29, 0.717) is 19.0 Å². The Morgan fingerprint density at radius 1 is 1.11 bits per heavy atom. The van der Waals surface area contributed by atoms with Crippen molar-refractivity contribution in [2.24, 2.45) is 0 Å². The number of hydrogen-bond donors (Lipinski definition) is 4. The monoisotopic (exact) mass is 518 g/mol. The Balaban J connectivity index is 0.000000177. The van der Waals surface area contributed by atoms with Gasteiger partial charge < -0.3 is 25.8 Å². The van der Waals surface area contributed by atoms with Crippen molar-refractivity contribution < 1.29 is 19.4 Å². The summed E-state index contributed by atoms with van der Waals surface area (Å²) in [5, 5.41) is 20.9. The highest BCUT2D eigenvalue weighted by atomic mass is 16.5. The predicted octanol–water partition coefficient (Wildman–Crippen LogP) is 3.19. The van der Waals surface area contributed by atoms with E-state index in [1.807, 2.05) is 67.7 Å². The second-order valence-corrected chi connectivity index (χ2v) is 9.89. The summed E-state index contributed by atoms with van der Waals surface area (Å²) in [4.78, 5) is 25.6. The zero-order valence-electron chi connectivity index (χ0n) is 22.2. The van der Waals surface area contributed by atoms with Gasteiger partial charge in [-0.05, 0) is 68.4 Å². The highest BCUT2D eigenvalue weighted by molar-refractivity contribution is 5.97. The number of aliphatic hydroxyl groups is 1. The minimum atomic E-state index is -0.424. The summed E-state index contributed by atoms with van der Waals surface area (Å²) in [6.45, 7) is 3.38. The fraction of sp³-hybridized carbons (Fsp3) is 0.400.